The molecule has 138 valence electrons. The molecule has 3 rings (SSSR count). The highest BCUT2D eigenvalue weighted by atomic mass is 16.1. The Morgan fingerprint density at radius 1 is 0.889 bits per heavy atom. The Bertz CT molecular complexity index is 914. The molecular weight excluding hydrogens is 338 g/mol. The van der Waals surface area contributed by atoms with Crippen molar-refractivity contribution in [1.82, 2.24) is 9.97 Å². The number of rotatable bonds is 5. The summed E-state index contributed by atoms with van der Waals surface area (Å²) in [7, 11) is 3.94. The number of nitrogens with zero attached hydrogens (tertiary/aromatic N) is 3. The minimum absolute atomic E-state index is 0.245. The van der Waals surface area contributed by atoms with E-state index in [1.54, 1.807) is 0 Å². The third kappa shape index (κ3) is 4.82. The van der Waals surface area contributed by atoms with Crippen molar-refractivity contribution < 1.29 is 4.79 Å². The van der Waals surface area contributed by atoms with Gasteiger partial charge in [0.2, 0.25) is 5.95 Å². The molecule has 1 aromatic heterocycles. The van der Waals surface area contributed by atoms with E-state index >= 15 is 0 Å². The molecule has 0 fully saturated rings. The van der Waals surface area contributed by atoms with Crippen molar-refractivity contribution >= 4 is 28.9 Å². The molecule has 0 saturated heterocycles. The minimum atomic E-state index is -0.245. The number of hydrogen-bond donors (Lipinski definition) is 2. The minimum Gasteiger partial charge on any atom is -0.378 e. The summed E-state index contributed by atoms with van der Waals surface area (Å²) in [6, 6.07) is 13.8. The van der Waals surface area contributed by atoms with Crippen molar-refractivity contribution in [2.24, 2.45) is 0 Å². The highest BCUT2D eigenvalue weighted by Gasteiger charge is 2.08. The van der Waals surface area contributed by atoms with Crippen LogP contribution in [-0.4, -0.2) is 30.0 Å². The molecule has 27 heavy (non-hydrogen) atoms. The number of anilines is 4. The van der Waals surface area contributed by atoms with Gasteiger partial charge in [-0.1, -0.05) is 6.07 Å². The molecule has 2 aromatic carbocycles. The maximum absolute atomic E-state index is 12.4. The number of benzene rings is 2. The van der Waals surface area contributed by atoms with Crippen LogP contribution in [-0.2, 0) is 0 Å². The van der Waals surface area contributed by atoms with Gasteiger partial charge in [0, 0.05) is 43.6 Å². The van der Waals surface area contributed by atoms with Gasteiger partial charge in [0.25, 0.3) is 5.91 Å². The molecule has 1 amide bonds. The van der Waals surface area contributed by atoms with Gasteiger partial charge in [0.15, 0.2) is 0 Å². The van der Waals surface area contributed by atoms with E-state index in [2.05, 4.69) is 26.7 Å². The first-order valence-corrected chi connectivity index (χ1v) is 8.67. The lowest BCUT2D eigenvalue weighted by molar-refractivity contribution is 0.102. The van der Waals surface area contributed by atoms with Gasteiger partial charge >= 0.3 is 0 Å². The maximum Gasteiger partial charge on any atom is 0.258 e. The lowest BCUT2D eigenvalue weighted by Crippen LogP contribution is -2.13. The maximum atomic E-state index is 12.4. The van der Waals surface area contributed by atoms with Crippen LogP contribution >= 0.6 is 0 Å². The van der Waals surface area contributed by atoms with Crippen LogP contribution in [0.4, 0.5) is 23.0 Å². The van der Waals surface area contributed by atoms with E-state index < -0.39 is 0 Å². The first kappa shape index (κ1) is 18.4. The fourth-order valence-corrected chi connectivity index (χ4v) is 2.73. The molecule has 1 heterocycles. The first-order chi connectivity index (χ1) is 12.9. The van der Waals surface area contributed by atoms with E-state index in [0.29, 0.717) is 11.5 Å². The van der Waals surface area contributed by atoms with Gasteiger partial charge in [0.1, 0.15) is 0 Å². The molecule has 0 saturated carbocycles. The highest BCUT2D eigenvalue weighted by Crippen LogP contribution is 2.18. The molecule has 6 heteroatoms. The Labute approximate surface area is 159 Å². The average molecular weight is 361 g/mol. The smallest absolute Gasteiger partial charge is 0.258 e. The van der Waals surface area contributed by atoms with E-state index in [1.165, 1.54) is 12.4 Å². The molecule has 0 aliphatic heterocycles. The molecule has 0 aliphatic carbocycles. The van der Waals surface area contributed by atoms with Crippen LogP contribution in [0.3, 0.4) is 0 Å². The quantitative estimate of drug-likeness (QED) is 0.714. The topological polar surface area (TPSA) is 70.2 Å². The van der Waals surface area contributed by atoms with Crippen LogP contribution in [0.25, 0.3) is 0 Å². The van der Waals surface area contributed by atoms with Crippen LogP contribution in [0, 0.1) is 13.8 Å². The fraction of sp³-hybridized carbons (Fsp3) is 0.190. The van der Waals surface area contributed by atoms with Crippen LogP contribution in [0.5, 0.6) is 0 Å². The zero-order chi connectivity index (χ0) is 19.4. The Balaban J connectivity index is 1.66. The van der Waals surface area contributed by atoms with Crippen LogP contribution in [0.15, 0.2) is 54.9 Å². The van der Waals surface area contributed by atoms with E-state index in [-0.39, 0.29) is 5.91 Å². The van der Waals surface area contributed by atoms with Crippen molar-refractivity contribution in [2.75, 3.05) is 29.6 Å². The molecule has 0 aliphatic rings. The van der Waals surface area contributed by atoms with Crippen molar-refractivity contribution in [3.63, 3.8) is 0 Å². The number of aromatic nitrogens is 2. The van der Waals surface area contributed by atoms with Crippen LogP contribution in [0.2, 0.25) is 0 Å². The van der Waals surface area contributed by atoms with Crippen LogP contribution < -0.4 is 15.5 Å². The second-order valence-corrected chi connectivity index (χ2v) is 6.69. The molecule has 0 spiro atoms. The van der Waals surface area contributed by atoms with Gasteiger partial charge < -0.3 is 15.5 Å². The monoisotopic (exact) mass is 361 g/mol. The van der Waals surface area contributed by atoms with Gasteiger partial charge in [-0.15, -0.1) is 0 Å². The van der Waals surface area contributed by atoms with E-state index in [1.807, 2.05) is 69.2 Å². The number of carbonyl (C=O) groups excluding carboxylic acids is 1. The number of hydrogen-bond acceptors (Lipinski definition) is 5. The Hall–Kier alpha value is -3.41. The molecule has 2 N–H and O–H groups in total. The van der Waals surface area contributed by atoms with Crippen molar-refractivity contribution in [3.05, 3.63) is 71.5 Å². The average Bonchev–Trinajstić information content (AvgIpc) is 2.62. The predicted octanol–water partition coefficient (Wildman–Crippen LogP) is 4.16. The lowest BCUT2D eigenvalue weighted by Gasteiger charge is -2.13. The fourth-order valence-electron chi connectivity index (χ4n) is 2.73. The van der Waals surface area contributed by atoms with Gasteiger partial charge in [-0.05, 0) is 61.4 Å². The third-order valence-corrected chi connectivity index (χ3v) is 4.03. The van der Waals surface area contributed by atoms with E-state index in [0.717, 1.165) is 28.2 Å². The molecule has 3 aromatic rings. The number of nitrogens with one attached hydrogen (secondary N) is 2. The predicted molar refractivity (Wildman–Crippen MR) is 110 cm³/mol. The molecule has 0 radical (unpaired) electrons. The van der Waals surface area contributed by atoms with Crippen molar-refractivity contribution in [2.45, 2.75) is 13.8 Å². The Morgan fingerprint density at radius 3 is 2.04 bits per heavy atom. The molecular formula is C21H23N5O. The number of carbonyl (C=O) groups is 1. The normalized spacial score (nSPS) is 10.4. The largest absolute Gasteiger partial charge is 0.378 e. The summed E-state index contributed by atoms with van der Waals surface area (Å²) in [5, 5.41) is 6.01. The molecule has 0 atom stereocenters. The second kappa shape index (κ2) is 7.86. The Kier molecular flexibility index (Phi) is 5.35. The number of aryl methyl sites for hydroxylation is 2. The zero-order valence-electron chi connectivity index (χ0n) is 15.9. The van der Waals surface area contributed by atoms with E-state index in [9.17, 15) is 4.79 Å². The molecule has 0 bridgehead atoms. The number of amides is 1. The second-order valence-electron chi connectivity index (χ2n) is 6.69. The van der Waals surface area contributed by atoms with Gasteiger partial charge in [-0.2, -0.15) is 0 Å². The molecule has 0 unspecified atom stereocenters. The van der Waals surface area contributed by atoms with Crippen molar-refractivity contribution in [1.29, 1.82) is 0 Å². The summed E-state index contributed by atoms with van der Waals surface area (Å²) >= 11 is 0. The molecule has 6 nitrogen and oxygen atoms in total. The van der Waals surface area contributed by atoms with E-state index in [4.69, 9.17) is 0 Å². The third-order valence-electron chi connectivity index (χ3n) is 4.03. The lowest BCUT2D eigenvalue weighted by atomic mass is 10.1. The summed E-state index contributed by atoms with van der Waals surface area (Å²) in [5.74, 6) is 0.206. The zero-order valence-corrected chi connectivity index (χ0v) is 15.9. The Morgan fingerprint density at radius 2 is 1.48 bits per heavy atom. The van der Waals surface area contributed by atoms with Gasteiger partial charge in [-0.3, -0.25) is 4.79 Å². The highest BCUT2D eigenvalue weighted by molar-refractivity contribution is 6.04. The summed E-state index contributed by atoms with van der Waals surface area (Å²) in [6.45, 7) is 4.08. The summed E-state index contributed by atoms with van der Waals surface area (Å²) in [4.78, 5) is 22.9. The summed E-state index contributed by atoms with van der Waals surface area (Å²) in [5.41, 5.74) is 5.44. The van der Waals surface area contributed by atoms with Gasteiger partial charge in [0.05, 0.1) is 5.56 Å². The summed E-state index contributed by atoms with van der Waals surface area (Å²) in [6.07, 6.45) is 3.03. The summed E-state index contributed by atoms with van der Waals surface area (Å²) < 4.78 is 0. The first-order valence-electron chi connectivity index (χ1n) is 8.67. The van der Waals surface area contributed by atoms with Crippen LogP contribution in [0.1, 0.15) is 21.5 Å². The van der Waals surface area contributed by atoms with Crippen molar-refractivity contribution in [3.8, 4) is 0 Å². The SMILES string of the molecule is Cc1cc(C)cc(Nc2ncc(C(=O)Nc3ccc(N(C)C)cc3)cn2)c1. The van der Waals surface area contributed by atoms with Gasteiger partial charge in [-0.25, -0.2) is 9.97 Å². The standard InChI is InChI=1S/C21H23N5O/c1-14-9-15(2)11-18(10-14)25-21-22-12-16(13-23-21)20(27)24-17-5-7-19(8-6-17)26(3)4/h5-13H,1-4H3,(H,24,27)(H,22,23,25).